The lowest BCUT2D eigenvalue weighted by Gasteiger charge is -2.48. The number of benzene rings is 2. The molecule has 184 valence electrons. The molecule has 5 rings (SSSR count). The molecule has 0 bridgehead atoms. The van der Waals surface area contributed by atoms with Gasteiger partial charge in [-0.05, 0) is 50.3 Å². The summed E-state index contributed by atoms with van der Waals surface area (Å²) in [7, 11) is 0. The Balaban J connectivity index is 1.28. The number of anilines is 1. The van der Waals surface area contributed by atoms with Crippen LogP contribution in [0, 0.1) is 0 Å². The molecule has 2 saturated heterocycles. The van der Waals surface area contributed by atoms with Crippen LogP contribution in [0.3, 0.4) is 0 Å². The molecule has 0 radical (unpaired) electrons. The number of carbonyl (C=O) groups excluding carboxylic acids is 3. The van der Waals surface area contributed by atoms with Gasteiger partial charge >= 0.3 is 0 Å². The third kappa shape index (κ3) is 4.57. The second kappa shape index (κ2) is 9.82. The van der Waals surface area contributed by atoms with Crippen LogP contribution in [0.2, 0.25) is 0 Å². The van der Waals surface area contributed by atoms with Gasteiger partial charge < -0.3 is 14.5 Å². The Morgan fingerprint density at radius 1 is 1.11 bits per heavy atom. The molecule has 0 saturated carbocycles. The number of hydrogen-bond acceptors (Lipinski definition) is 4. The number of amides is 3. The number of nitrogens with zero attached hydrogens (tertiary/aromatic N) is 3. The molecule has 3 aliphatic heterocycles. The molecule has 0 N–H and O–H groups in total. The molecule has 2 fully saturated rings. The van der Waals surface area contributed by atoms with Gasteiger partial charge in [0, 0.05) is 39.1 Å². The average Bonchev–Trinajstić information content (AvgIpc) is 3.49. The van der Waals surface area contributed by atoms with Crippen LogP contribution >= 0.6 is 0 Å². The smallest absolute Gasteiger partial charge is 0.257 e. The second-order valence-corrected chi connectivity index (χ2v) is 9.92. The van der Waals surface area contributed by atoms with Gasteiger partial charge in [-0.25, -0.2) is 0 Å². The van der Waals surface area contributed by atoms with Crippen LogP contribution in [0.4, 0.5) is 5.69 Å². The van der Waals surface area contributed by atoms with Crippen LogP contribution < -0.4 is 4.90 Å². The highest BCUT2D eigenvalue weighted by Gasteiger charge is 2.52. The van der Waals surface area contributed by atoms with Gasteiger partial charge in [0.2, 0.25) is 11.8 Å². The maximum Gasteiger partial charge on any atom is 0.257 e. The van der Waals surface area contributed by atoms with Crippen molar-refractivity contribution >= 4 is 23.4 Å². The quantitative estimate of drug-likeness (QED) is 0.579. The van der Waals surface area contributed by atoms with E-state index in [4.69, 9.17) is 4.74 Å². The Morgan fingerprint density at radius 3 is 2.66 bits per heavy atom. The van der Waals surface area contributed by atoms with Crippen molar-refractivity contribution in [3.63, 3.8) is 0 Å². The fraction of sp³-hybridized carbons (Fsp3) is 0.464. The fourth-order valence-corrected chi connectivity index (χ4v) is 5.68. The summed E-state index contributed by atoms with van der Waals surface area (Å²) >= 11 is 0. The predicted molar refractivity (Wildman–Crippen MR) is 133 cm³/mol. The first-order valence-corrected chi connectivity index (χ1v) is 12.6. The van der Waals surface area contributed by atoms with E-state index >= 15 is 0 Å². The number of fused-ring (bicyclic) bond motifs is 3. The molecule has 0 aromatic heterocycles. The fourth-order valence-electron chi connectivity index (χ4n) is 5.68. The summed E-state index contributed by atoms with van der Waals surface area (Å²) in [6, 6.07) is 17.3. The van der Waals surface area contributed by atoms with Crippen molar-refractivity contribution in [2.24, 2.45) is 0 Å². The van der Waals surface area contributed by atoms with Gasteiger partial charge in [0.15, 0.2) is 0 Å². The minimum absolute atomic E-state index is 0.0409. The molecule has 35 heavy (non-hydrogen) atoms. The number of hydrogen-bond donors (Lipinski definition) is 0. The van der Waals surface area contributed by atoms with Crippen LogP contribution in [0.15, 0.2) is 54.6 Å². The van der Waals surface area contributed by atoms with Gasteiger partial charge in [-0.15, -0.1) is 0 Å². The summed E-state index contributed by atoms with van der Waals surface area (Å²) < 4.78 is 5.80. The first kappa shape index (κ1) is 23.5. The van der Waals surface area contributed by atoms with Crippen molar-refractivity contribution < 1.29 is 19.1 Å². The molecule has 2 aromatic rings. The maximum atomic E-state index is 13.4. The molecule has 7 nitrogen and oxygen atoms in total. The van der Waals surface area contributed by atoms with Crippen molar-refractivity contribution in [3.05, 3.63) is 65.7 Å². The first-order chi connectivity index (χ1) is 17.0. The molecule has 2 aromatic carbocycles. The van der Waals surface area contributed by atoms with E-state index in [1.807, 2.05) is 60.4 Å². The van der Waals surface area contributed by atoms with Gasteiger partial charge in [0.05, 0.1) is 17.4 Å². The number of ether oxygens (including phenoxy) is 1. The topological polar surface area (TPSA) is 70.2 Å². The van der Waals surface area contributed by atoms with Crippen molar-refractivity contribution in [1.82, 2.24) is 9.80 Å². The Labute approximate surface area is 206 Å². The summed E-state index contributed by atoms with van der Waals surface area (Å²) in [5.41, 5.74) is 1.65. The van der Waals surface area contributed by atoms with E-state index in [0.29, 0.717) is 56.6 Å². The summed E-state index contributed by atoms with van der Waals surface area (Å²) in [5.74, 6) is 0.0415. The van der Waals surface area contributed by atoms with E-state index in [-0.39, 0.29) is 23.8 Å². The third-order valence-corrected chi connectivity index (χ3v) is 7.53. The minimum Gasteiger partial charge on any atom is -0.376 e. The van der Waals surface area contributed by atoms with Gasteiger partial charge in [0.1, 0.15) is 5.66 Å². The van der Waals surface area contributed by atoms with Gasteiger partial charge in [0.25, 0.3) is 5.91 Å². The van der Waals surface area contributed by atoms with Gasteiger partial charge in [-0.1, -0.05) is 42.5 Å². The molecule has 3 heterocycles. The highest BCUT2D eigenvalue weighted by molar-refractivity contribution is 6.10. The van der Waals surface area contributed by atoms with Crippen LogP contribution in [-0.4, -0.2) is 59.0 Å². The third-order valence-electron chi connectivity index (χ3n) is 7.53. The van der Waals surface area contributed by atoms with E-state index in [1.165, 1.54) is 0 Å². The molecule has 2 atom stereocenters. The average molecular weight is 476 g/mol. The second-order valence-electron chi connectivity index (χ2n) is 9.92. The summed E-state index contributed by atoms with van der Waals surface area (Å²) in [5, 5.41) is 0. The highest BCUT2D eigenvalue weighted by Crippen LogP contribution is 2.44. The van der Waals surface area contributed by atoms with Gasteiger partial charge in [-0.2, -0.15) is 0 Å². The lowest BCUT2D eigenvalue weighted by molar-refractivity contribution is -0.133. The van der Waals surface area contributed by atoms with Crippen LogP contribution in [-0.2, 0) is 20.9 Å². The van der Waals surface area contributed by atoms with Crippen molar-refractivity contribution in [2.75, 3.05) is 24.6 Å². The van der Waals surface area contributed by atoms with E-state index in [9.17, 15) is 14.4 Å². The zero-order valence-electron chi connectivity index (χ0n) is 20.3. The van der Waals surface area contributed by atoms with Crippen molar-refractivity contribution in [1.29, 1.82) is 0 Å². The predicted octanol–water partition coefficient (Wildman–Crippen LogP) is 3.97. The monoisotopic (exact) mass is 475 g/mol. The number of carbonyl (C=O) groups is 3. The molecule has 3 aliphatic rings. The van der Waals surface area contributed by atoms with Crippen molar-refractivity contribution in [2.45, 2.75) is 63.8 Å². The van der Waals surface area contributed by atoms with Gasteiger partial charge in [-0.3, -0.25) is 19.3 Å². The summed E-state index contributed by atoms with van der Waals surface area (Å²) in [4.78, 5) is 45.0. The SMILES string of the molecule is CC12CCC(=O)N1c1ccccc1C(=O)N2CCCC(=O)N(Cc1ccccc1)CC1CCCO1. The molecular weight excluding hydrogens is 442 g/mol. The first-order valence-electron chi connectivity index (χ1n) is 12.6. The highest BCUT2D eigenvalue weighted by atomic mass is 16.5. The summed E-state index contributed by atoms with van der Waals surface area (Å²) in [6.07, 6.45) is 3.99. The largest absolute Gasteiger partial charge is 0.376 e. The summed E-state index contributed by atoms with van der Waals surface area (Å²) in [6.45, 7) is 4.29. The Morgan fingerprint density at radius 2 is 1.89 bits per heavy atom. The standard InChI is InChI=1S/C28H33N3O4/c1-28-16-15-26(33)31(28)24-13-6-5-12-23(24)27(34)30(28)17-7-14-25(32)29(20-22-11-8-18-35-22)19-21-9-3-2-4-10-21/h2-6,9-10,12-13,22H,7-8,11,14-20H2,1H3. The van der Waals surface area contributed by atoms with E-state index < -0.39 is 5.66 Å². The molecule has 0 aliphatic carbocycles. The Hall–Kier alpha value is -3.19. The maximum absolute atomic E-state index is 13.4. The van der Waals surface area contributed by atoms with Crippen LogP contribution in [0.5, 0.6) is 0 Å². The minimum atomic E-state index is -0.688. The van der Waals surface area contributed by atoms with Crippen LogP contribution in [0.25, 0.3) is 0 Å². The normalized spacial score (nSPS) is 23.4. The van der Waals surface area contributed by atoms with Crippen LogP contribution in [0.1, 0.15) is 61.4 Å². The zero-order valence-corrected chi connectivity index (χ0v) is 20.3. The molecule has 2 unspecified atom stereocenters. The van der Waals surface area contributed by atoms with E-state index in [1.54, 1.807) is 15.9 Å². The molecule has 0 spiro atoms. The van der Waals surface area contributed by atoms with E-state index in [2.05, 4.69) is 0 Å². The molecular formula is C28H33N3O4. The molecule has 3 amide bonds. The number of para-hydroxylation sites is 1. The Kier molecular flexibility index (Phi) is 6.60. The lowest BCUT2D eigenvalue weighted by atomic mass is 9.98. The lowest BCUT2D eigenvalue weighted by Crippen LogP contribution is -2.62. The zero-order chi connectivity index (χ0) is 24.4. The Bertz CT molecular complexity index is 1100. The van der Waals surface area contributed by atoms with Crippen molar-refractivity contribution in [3.8, 4) is 0 Å². The molecule has 7 heteroatoms. The van der Waals surface area contributed by atoms with E-state index in [0.717, 1.165) is 25.0 Å². The number of rotatable bonds is 8.